The van der Waals surface area contributed by atoms with Crippen molar-refractivity contribution in [2.45, 2.75) is 19.0 Å². The zero-order chi connectivity index (χ0) is 13.8. The first-order chi connectivity index (χ1) is 9.06. The van der Waals surface area contributed by atoms with Crippen LogP contribution in [0.2, 0.25) is 0 Å². The second-order valence-electron chi connectivity index (χ2n) is 4.11. The molecule has 0 fully saturated rings. The fourth-order valence-corrected chi connectivity index (χ4v) is 2.25. The minimum atomic E-state index is -0.0919. The Morgan fingerprint density at radius 2 is 2.11 bits per heavy atom. The van der Waals surface area contributed by atoms with Crippen LogP contribution in [-0.4, -0.2) is 26.8 Å². The number of nitrogen functional groups attached to an aromatic ring is 1. The lowest BCUT2D eigenvalue weighted by Gasteiger charge is -2.10. The molecule has 1 amide bonds. The number of thioether (sulfide) groups is 1. The third-order valence-corrected chi connectivity index (χ3v) is 3.41. The lowest BCUT2D eigenvalue weighted by Crippen LogP contribution is -2.15. The highest BCUT2D eigenvalue weighted by atomic mass is 32.2. The molecule has 0 unspecified atom stereocenters. The fourth-order valence-electron chi connectivity index (χ4n) is 1.64. The average Bonchev–Trinajstić information content (AvgIpc) is 2.77. The smallest absolute Gasteiger partial charge is 0.234 e. The van der Waals surface area contributed by atoms with Crippen molar-refractivity contribution in [3.63, 3.8) is 0 Å². The fraction of sp³-hybridized carbons (Fsp3) is 0.250. The van der Waals surface area contributed by atoms with Gasteiger partial charge >= 0.3 is 0 Å². The highest BCUT2D eigenvalue weighted by Crippen LogP contribution is 2.20. The van der Waals surface area contributed by atoms with E-state index in [4.69, 9.17) is 5.73 Å². The Balaban J connectivity index is 1.94. The van der Waals surface area contributed by atoms with Crippen LogP contribution in [0.1, 0.15) is 11.1 Å². The van der Waals surface area contributed by atoms with Crippen LogP contribution in [0.15, 0.2) is 23.4 Å². The Morgan fingerprint density at radius 1 is 1.42 bits per heavy atom. The van der Waals surface area contributed by atoms with Gasteiger partial charge in [0.1, 0.15) is 0 Å². The first-order valence-electron chi connectivity index (χ1n) is 5.73. The molecule has 0 atom stereocenters. The quantitative estimate of drug-likeness (QED) is 0.740. The molecule has 0 aliphatic carbocycles. The molecule has 1 aromatic carbocycles. The molecular formula is C12H15N5OS. The van der Waals surface area contributed by atoms with Gasteiger partial charge in [0, 0.05) is 5.69 Å². The number of aromatic amines is 1. The highest BCUT2D eigenvalue weighted by molar-refractivity contribution is 7.99. The number of hydrogen-bond acceptors (Lipinski definition) is 5. The van der Waals surface area contributed by atoms with E-state index in [1.165, 1.54) is 11.8 Å². The van der Waals surface area contributed by atoms with Crippen LogP contribution >= 0.6 is 11.8 Å². The molecule has 0 aliphatic rings. The Bertz CT molecular complexity index is 575. The molecule has 100 valence electrons. The lowest BCUT2D eigenvalue weighted by atomic mass is 10.1. The number of carbonyl (C=O) groups is 1. The van der Waals surface area contributed by atoms with Gasteiger partial charge in [0.25, 0.3) is 0 Å². The molecule has 1 heterocycles. The van der Waals surface area contributed by atoms with Gasteiger partial charge in [-0.25, -0.2) is 5.10 Å². The Morgan fingerprint density at radius 3 is 2.68 bits per heavy atom. The molecular weight excluding hydrogens is 262 g/mol. The number of hydrogen-bond donors (Lipinski definition) is 3. The van der Waals surface area contributed by atoms with Gasteiger partial charge in [-0.15, -0.1) is 5.10 Å². The summed E-state index contributed by atoms with van der Waals surface area (Å²) in [5.41, 5.74) is 8.35. The molecule has 6 nitrogen and oxygen atoms in total. The SMILES string of the molecule is Cc1cccc(C)c1NC(=O)CSc1n[nH]c(N)n1. The van der Waals surface area contributed by atoms with E-state index in [0.717, 1.165) is 16.8 Å². The van der Waals surface area contributed by atoms with Crippen LogP contribution < -0.4 is 11.1 Å². The predicted octanol–water partition coefficient (Wildman–Crippen LogP) is 1.73. The molecule has 0 radical (unpaired) electrons. The first-order valence-corrected chi connectivity index (χ1v) is 6.71. The van der Waals surface area contributed by atoms with Crippen LogP contribution in [0.25, 0.3) is 0 Å². The van der Waals surface area contributed by atoms with E-state index < -0.39 is 0 Å². The number of aryl methyl sites for hydroxylation is 2. The summed E-state index contributed by atoms with van der Waals surface area (Å²) in [6.45, 7) is 3.93. The maximum absolute atomic E-state index is 11.9. The van der Waals surface area contributed by atoms with Crippen molar-refractivity contribution in [1.29, 1.82) is 0 Å². The van der Waals surface area contributed by atoms with Crippen LogP contribution in [-0.2, 0) is 4.79 Å². The van der Waals surface area contributed by atoms with Gasteiger partial charge in [-0.1, -0.05) is 30.0 Å². The van der Waals surface area contributed by atoms with Crippen molar-refractivity contribution in [2.24, 2.45) is 0 Å². The Kier molecular flexibility index (Phi) is 4.06. The van der Waals surface area contributed by atoms with Crippen LogP contribution in [0, 0.1) is 13.8 Å². The number of rotatable bonds is 4. The van der Waals surface area contributed by atoms with Crippen molar-refractivity contribution < 1.29 is 4.79 Å². The Labute approximate surface area is 115 Å². The largest absolute Gasteiger partial charge is 0.368 e. The van der Waals surface area contributed by atoms with Crippen molar-refractivity contribution in [2.75, 3.05) is 16.8 Å². The highest BCUT2D eigenvalue weighted by Gasteiger charge is 2.09. The van der Waals surface area contributed by atoms with Gasteiger partial charge in [-0.2, -0.15) is 4.98 Å². The number of amides is 1. The number of para-hydroxylation sites is 1. The molecule has 0 aliphatic heterocycles. The molecule has 19 heavy (non-hydrogen) atoms. The summed E-state index contributed by atoms with van der Waals surface area (Å²) in [6, 6.07) is 5.89. The van der Waals surface area contributed by atoms with Gasteiger partial charge in [0.2, 0.25) is 17.0 Å². The van der Waals surface area contributed by atoms with E-state index in [1.807, 2.05) is 32.0 Å². The maximum atomic E-state index is 11.9. The topological polar surface area (TPSA) is 96.7 Å². The van der Waals surface area contributed by atoms with Gasteiger partial charge in [0.05, 0.1) is 5.75 Å². The van der Waals surface area contributed by atoms with Crippen molar-refractivity contribution in [1.82, 2.24) is 15.2 Å². The molecule has 0 spiro atoms. The van der Waals surface area contributed by atoms with E-state index in [9.17, 15) is 4.79 Å². The lowest BCUT2D eigenvalue weighted by molar-refractivity contribution is -0.113. The summed E-state index contributed by atoms with van der Waals surface area (Å²) in [5.74, 6) is 0.397. The summed E-state index contributed by atoms with van der Waals surface area (Å²) < 4.78 is 0. The third-order valence-electron chi connectivity index (χ3n) is 2.56. The molecule has 2 aromatic rings. The number of aromatic nitrogens is 3. The zero-order valence-electron chi connectivity index (χ0n) is 10.7. The first kappa shape index (κ1) is 13.4. The number of nitrogens with zero attached hydrogens (tertiary/aromatic N) is 2. The summed E-state index contributed by atoms with van der Waals surface area (Å²) >= 11 is 1.23. The normalized spacial score (nSPS) is 10.4. The van der Waals surface area contributed by atoms with E-state index >= 15 is 0 Å². The third kappa shape index (κ3) is 3.47. The summed E-state index contributed by atoms with van der Waals surface area (Å²) in [4.78, 5) is 15.8. The van der Waals surface area contributed by atoms with E-state index in [-0.39, 0.29) is 17.6 Å². The minimum absolute atomic E-state index is 0.0919. The number of nitrogens with one attached hydrogen (secondary N) is 2. The molecule has 1 aromatic heterocycles. The standard InChI is InChI=1S/C12H15N5OS/c1-7-4-3-5-8(2)10(7)14-9(18)6-19-12-15-11(13)16-17-12/h3-5H,6H2,1-2H3,(H,14,18)(H3,13,15,16,17). The monoisotopic (exact) mass is 277 g/mol. The van der Waals surface area contributed by atoms with Gasteiger partial charge in [0.15, 0.2) is 0 Å². The van der Waals surface area contributed by atoms with Crippen LogP contribution in [0.4, 0.5) is 11.6 Å². The summed E-state index contributed by atoms with van der Waals surface area (Å²) in [5, 5.41) is 9.74. The number of carbonyl (C=O) groups excluding carboxylic acids is 1. The number of anilines is 2. The van der Waals surface area contributed by atoms with Crippen LogP contribution in [0.3, 0.4) is 0 Å². The Hall–Kier alpha value is -2.02. The average molecular weight is 277 g/mol. The van der Waals surface area contributed by atoms with Gasteiger partial charge in [-0.05, 0) is 25.0 Å². The molecule has 0 bridgehead atoms. The number of benzene rings is 1. The molecule has 2 rings (SSSR count). The number of H-pyrrole nitrogens is 1. The van der Waals surface area contributed by atoms with Crippen molar-refractivity contribution in [3.05, 3.63) is 29.3 Å². The van der Waals surface area contributed by atoms with E-state index in [0.29, 0.717) is 5.16 Å². The predicted molar refractivity (Wildman–Crippen MR) is 76.1 cm³/mol. The second kappa shape index (κ2) is 5.75. The summed E-state index contributed by atoms with van der Waals surface area (Å²) in [7, 11) is 0. The second-order valence-corrected chi connectivity index (χ2v) is 5.05. The van der Waals surface area contributed by atoms with E-state index in [1.54, 1.807) is 0 Å². The molecule has 0 saturated carbocycles. The molecule has 7 heteroatoms. The van der Waals surface area contributed by atoms with Gasteiger partial charge in [-0.3, -0.25) is 4.79 Å². The molecule has 4 N–H and O–H groups in total. The maximum Gasteiger partial charge on any atom is 0.234 e. The molecule has 0 saturated heterocycles. The van der Waals surface area contributed by atoms with Gasteiger partial charge < -0.3 is 11.1 Å². The zero-order valence-corrected chi connectivity index (χ0v) is 11.5. The summed E-state index contributed by atoms with van der Waals surface area (Å²) in [6.07, 6.45) is 0. The van der Waals surface area contributed by atoms with Crippen LogP contribution in [0.5, 0.6) is 0 Å². The minimum Gasteiger partial charge on any atom is -0.368 e. The van der Waals surface area contributed by atoms with Crippen molar-refractivity contribution >= 4 is 29.3 Å². The van der Waals surface area contributed by atoms with Crippen molar-refractivity contribution in [3.8, 4) is 0 Å². The van der Waals surface area contributed by atoms with E-state index in [2.05, 4.69) is 20.5 Å². The number of nitrogens with two attached hydrogens (primary N) is 1.